The summed E-state index contributed by atoms with van der Waals surface area (Å²) in [6, 6.07) is 8.35. The first-order valence-corrected chi connectivity index (χ1v) is 17.2. The Balaban J connectivity index is 2.63. The summed E-state index contributed by atoms with van der Waals surface area (Å²) in [4.78, 5) is 13.2. The molecule has 0 N–H and O–H groups in total. The maximum absolute atomic E-state index is 13.2. The number of carbonyl (C=O) groups is 1. The second-order valence-electron chi connectivity index (χ2n) is 12.4. The summed E-state index contributed by atoms with van der Waals surface area (Å²) >= 11 is 0. The van der Waals surface area contributed by atoms with Gasteiger partial charge in [-0.2, -0.15) is 0 Å². The molecule has 1 aromatic carbocycles. The molecule has 0 bridgehead atoms. The standard InChI is InChI=1S/C25H44O4Si2/c1-23(2,3)30(9,10)28-20-17-25(7,22(26)27-8)21(19-16-14-13-15-18(19)20)29-31(11,12)24(4,5)6/h13-16,20-21H,17H2,1-12H3/t20-,21-,25-/m0/s1. The predicted molar refractivity (Wildman–Crippen MR) is 133 cm³/mol. The molecule has 176 valence electrons. The molecule has 0 aliphatic heterocycles. The highest BCUT2D eigenvalue weighted by atomic mass is 28.4. The lowest BCUT2D eigenvalue weighted by atomic mass is 9.69. The molecule has 0 saturated carbocycles. The molecule has 2 rings (SSSR count). The third-order valence-electron chi connectivity index (χ3n) is 7.93. The lowest BCUT2D eigenvalue weighted by Crippen LogP contribution is -2.51. The molecular formula is C25H44O4Si2. The highest BCUT2D eigenvalue weighted by molar-refractivity contribution is 6.74. The number of hydrogen-bond donors (Lipinski definition) is 0. The summed E-state index contributed by atoms with van der Waals surface area (Å²) in [5, 5.41) is 0.117. The predicted octanol–water partition coefficient (Wildman–Crippen LogP) is 7.40. The van der Waals surface area contributed by atoms with Crippen LogP contribution in [0, 0.1) is 5.41 Å². The van der Waals surface area contributed by atoms with Crippen LogP contribution in [-0.4, -0.2) is 29.7 Å². The number of ether oxygens (including phenoxy) is 1. The zero-order chi connectivity index (χ0) is 24.0. The molecule has 0 fully saturated rings. The molecular weight excluding hydrogens is 420 g/mol. The molecule has 3 atom stereocenters. The monoisotopic (exact) mass is 464 g/mol. The molecule has 0 radical (unpaired) electrons. The molecule has 1 aliphatic carbocycles. The number of rotatable bonds is 5. The van der Waals surface area contributed by atoms with Gasteiger partial charge in [0.2, 0.25) is 0 Å². The minimum Gasteiger partial charge on any atom is -0.469 e. The fourth-order valence-corrected chi connectivity index (χ4v) is 6.32. The fourth-order valence-electron chi connectivity index (χ4n) is 3.71. The molecule has 6 heteroatoms. The van der Waals surface area contributed by atoms with Crippen LogP contribution in [0.15, 0.2) is 24.3 Å². The van der Waals surface area contributed by atoms with Gasteiger partial charge in [0.15, 0.2) is 16.6 Å². The third kappa shape index (κ3) is 5.02. The maximum Gasteiger partial charge on any atom is 0.314 e. The normalized spacial score (nSPS) is 25.2. The van der Waals surface area contributed by atoms with E-state index < -0.39 is 22.0 Å². The zero-order valence-corrected chi connectivity index (χ0v) is 23.8. The second-order valence-corrected chi connectivity index (χ2v) is 21.9. The van der Waals surface area contributed by atoms with Gasteiger partial charge in [0.05, 0.1) is 24.7 Å². The van der Waals surface area contributed by atoms with Gasteiger partial charge in [-0.15, -0.1) is 0 Å². The lowest BCUT2D eigenvalue weighted by molar-refractivity contribution is -0.162. The van der Waals surface area contributed by atoms with Crippen LogP contribution in [-0.2, 0) is 18.4 Å². The Hall–Kier alpha value is -0.956. The summed E-state index contributed by atoms with van der Waals surface area (Å²) in [5.41, 5.74) is 1.40. The quantitative estimate of drug-likeness (QED) is 0.336. The van der Waals surface area contributed by atoms with Crippen LogP contribution < -0.4 is 0 Å². The van der Waals surface area contributed by atoms with Crippen molar-refractivity contribution >= 4 is 22.6 Å². The van der Waals surface area contributed by atoms with Crippen molar-refractivity contribution in [1.82, 2.24) is 0 Å². The van der Waals surface area contributed by atoms with Gasteiger partial charge in [-0.25, -0.2) is 0 Å². The van der Waals surface area contributed by atoms with Crippen molar-refractivity contribution in [3.63, 3.8) is 0 Å². The van der Waals surface area contributed by atoms with E-state index in [0.29, 0.717) is 6.42 Å². The Morgan fingerprint density at radius 3 is 1.81 bits per heavy atom. The van der Waals surface area contributed by atoms with Gasteiger partial charge < -0.3 is 13.6 Å². The van der Waals surface area contributed by atoms with E-state index in [2.05, 4.69) is 85.9 Å². The summed E-state index contributed by atoms with van der Waals surface area (Å²) in [7, 11) is -2.72. The number of carbonyl (C=O) groups excluding carboxylic acids is 1. The molecule has 0 unspecified atom stereocenters. The topological polar surface area (TPSA) is 44.8 Å². The minimum absolute atomic E-state index is 0.0352. The van der Waals surface area contributed by atoms with Crippen LogP contribution in [0.25, 0.3) is 0 Å². The fraction of sp³-hybridized carbons (Fsp3) is 0.720. The van der Waals surface area contributed by atoms with Crippen molar-refractivity contribution in [3.05, 3.63) is 35.4 Å². The van der Waals surface area contributed by atoms with E-state index in [9.17, 15) is 4.79 Å². The molecule has 31 heavy (non-hydrogen) atoms. The van der Waals surface area contributed by atoms with Crippen LogP contribution in [0.2, 0.25) is 36.3 Å². The summed E-state index contributed by atoms with van der Waals surface area (Å²) in [6.45, 7) is 24.4. The highest BCUT2D eigenvalue weighted by Crippen LogP contribution is 2.56. The van der Waals surface area contributed by atoms with Crippen LogP contribution in [0.4, 0.5) is 0 Å². The van der Waals surface area contributed by atoms with E-state index >= 15 is 0 Å². The first kappa shape index (κ1) is 26.3. The van der Waals surface area contributed by atoms with Crippen molar-refractivity contribution in [2.45, 2.75) is 103 Å². The number of esters is 1. The summed E-state index contributed by atoms with van der Waals surface area (Å²) in [6.07, 6.45) is 0.0550. The number of benzene rings is 1. The molecule has 0 saturated heterocycles. The summed E-state index contributed by atoms with van der Waals surface area (Å²) in [5.74, 6) is -0.227. The van der Waals surface area contributed by atoms with Gasteiger partial charge in [-0.3, -0.25) is 4.79 Å². The Labute approximate surface area is 192 Å². The van der Waals surface area contributed by atoms with Crippen molar-refractivity contribution in [2.24, 2.45) is 5.41 Å². The molecule has 1 aromatic rings. The number of fused-ring (bicyclic) bond motifs is 1. The van der Waals surface area contributed by atoms with Gasteiger partial charge in [0.1, 0.15) is 0 Å². The second kappa shape index (κ2) is 8.43. The molecule has 0 aromatic heterocycles. The van der Waals surface area contributed by atoms with Gasteiger partial charge in [0, 0.05) is 0 Å². The summed E-state index contributed by atoms with van der Waals surface area (Å²) < 4.78 is 19.2. The first-order valence-electron chi connectivity index (χ1n) is 11.4. The SMILES string of the molecule is COC(=O)[C@@]1(C)C[C@H](O[Si](C)(C)C(C)(C)C)c2ccccc2[C@@H]1O[Si](C)(C)C(C)(C)C. The Morgan fingerprint density at radius 2 is 1.35 bits per heavy atom. The van der Waals surface area contributed by atoms with E-state index in [1.165, 1.54) is 7.11 Å². The molecule has 0 spiro atoms. The molecule has 4 nitrogen and oxygen atoms in total. The third-order valence-corrected chi connectivity index (χ3v) is 16.9. The molecule has 1 aliphatic rings. The Kier molecular flexibility index (Phi) is 7.15. The Morgan fingerprint density at radius 1 is 0.903 bits per heavy atom. The van der Waals surface area contributed by atoms with E-state index in [-0.39, 0.29) is 28.3 Å². The van der Waals surface area contributed by atoms with Crippen molar-refractivity contribution < 1.29 is 18.4 Å². The molecule has 0 amide bonds. The number of hydrogen-bond acceptors (Lipinski definition) is 4. The van der Waals surface area contributed by atoms with E-state index in [0.717, 1.165) is 11.1 Å². The number of methoxy groups -OCH3 is 1. The van der Waals surface area contributed by atoms with Crippen molar-refractivity contribution in [1.29, 1.82) is 0 Å². The highest BCUT2D eigenvalue weighted by Gasteiger charge is 2.55. The van der Waals surface area contributed by atoms with Crippen molar-refractivity contribution in [2.75, 3.05) is 7.11 Å². The van der Waals surface area contributed by atoms with Gasteiger partial charge in [0.25, 0.3) is 0 Å². The van der Waals surface area contributed by atoms with Crippen LogP contribution in [0.1, 0.15) is 78.2 Å². The van der Waals surface area contributed by atoms with Crippen LogP contribution >= 0.6 is 0 Å². The van der Waals surface area contributed by atoms with E-state index in [4.69, 9.17) is 13.6 Å². The first-order chi connectivity index (χ1) is 13.9. The van der Waals surface area contributed by atoms with Crippen molar-refractivity contribution in [3.8, 4) is 0 Å². The largest absolute Gasteiger partial charge is 0.469 e. The van der Waals surface area contributed by atoms with Gasteiger partial charge in [-0.05, 0) is 60.7 Å². The molecule has 0 heterocycles. The van der Waals surface area contributed by atoms with E-state index in [1.807, 2.05) is 13.0 Å². The van der Waals surface area contributed by atoms with Crippen LogP contribution in [0.5, 0.6) is 0 Å². The Bertz CT molecular complexity index is 804. The lowest BCUT2D eigenvalue weighted by Gasteiger charge is -2.50. The zero-order valence-electron chi connectivity index (χ0n) is 21.8. The van der Waals surface area contributed by atoms with E-state index in [1.54, 1.807) is 0 Å². The average Bonchev–Trinajstić information content (AvgIpc) is 2.62. The van der Waals surface area contributed by atoms with Crippen LogP contribution in [0.3, 0.4) is 0 Å². The minimum atomic E-state index is -2.15. The maximum atomic E-state index is 13.2. The van der Waals surface area contributed by atoms with Gasteiger partial charge in [-0.1, -0.05) is 65.8 Å². The smallest absolute Gasteiger partial charge is 0.314 e. The van der Waals surface area contributed by atoms with Gasteiger partial charge >= 0.3 is 5.97 Å². The average molecular weight is 465 g/mol.